The summed E-state index contributed by atoms with van der Waals surface area (Å²) in [6.45, 7) is 1.37. The van der Waals surface area contributed by atoms with E-state index in [4.69, 9.17) is 4.74 Å². The number of carbonyl (C=O) groups excluding carboxylic acids is 3. The summed E-state index contributed by atoms with van der Waals surface area (Å²) in [4.78, 5) is 38.2. The molecule has 0 aliphatic carbocycles. The number of likely N-dealkylation sites (tertiary alicyclic amines) is 1. The first-order chi connectivity index (χ1) is 15.7. The minimum absolute atomic E-state index is 0.0240. The Bertz CT molecular complexity index is 982. The number of alkyl halides is 2. The molecule has 1 aliphatic rings. The molecule has 1 N–H and O–H groups in total. The van der Waals surface area contributed by atoms with Gasteiger partial charge in [0.05, 0.1) is 18.7 Å². The topological polar surface area (TPSA) is 84.9 Å². The summed E-state index contributed by atoms with van der Waals surface area (Å²) in [5.74, 6) is -4.26. The average Bonchev–Trinajstić information content (AvgIpc) is 2.82. The Morgan fingerprint density at radius 3 is 2.42 bits per heavy atom. The maximum atomic E-state index is 14.1. The Balaban J connectivity index is 1.67. The molecule has 2 atom stereocenters. The number of halogens is 2. The first-order valence-electron chi connectivity index (χ1n) is 10.5. The van der Waals surface area contributed by atoms with Gasteiger partial charge in [0.2, 0.25) is 5.91 Å². The highest BCUT2D eigenvalue weighted by Gasteiger charge is 2.46. The zero-order chi connectivity index (χ0) is 24.0. The minimum atomic E-state index is -3.07. The van der Waals surface area contributed by atoms with Crippen molar-refractivity contribution in [3.63, 3.8) is 0 Å². The molecule has 1 fully saturated rings. The third kappa shape index (κ3) is 6.27. The van der Waals surface area contributed by atoms with Gasteiger partial charge < -0.3 is 14.8 Å². The number of hydrogen-bond acceptors (Lipinski definition) is 5. The number of rotatable bonds is 6. The molecule has 2 aromatic rings. The lowest BCUT2D eigenvalue weighted by atomic mass is 9.97. The summed E-state index contributed by atoms with van der Waals surface area (Å²) in [5.41, 5.74) is 1.76. The molecule has 33 heavy (non-hydrogen) atoms. The van der Waals surface area contributed by atoms with E-state index >= 15 is 0 Å². The zero-order valence-electron chi connectivity index (χ0n) is 18.4. The Hall–Kier alpha value is -3.49. The van der Waals surface area contributed by atoms with Gasteiger partial charge in [0, 0.05) is 19.4 Å². The molecule has 0 aromatic heterocycles. The van der Waals surface area contributed by atoms with Gasteiger partial charge in [0.1, 0.15) is 12.6 Å². The van der Waals surface area contributed by atoms with Crippen molar-refractivity contribution in [3.8, 4) is 0 Å². The summed E-state index contributed by atoms with van der Waals surface area (Å²) in [7, 11) is 1.27. The van der Waals surface area contributed by atoms with E-state index in [1.54, 1.807) is 55.5 Å². The number of piperidine rings is 1. The van der Waals surface area contributed by atoms with Gasteiger partial charge >= 0.3 is 12.1 Å². The number of amides is 2. The molecule has 1 aliphatic heterocycles. The number of carbonyl (C=O) groups is 3. The predicted octanol–water partition coefficient (Wildman–Crippen LogP) is 4.09. The second-order valence-electron chi connectivity index (χ2n) is 7.90. The van der Waals surface area contributed by atoms with Crippen molar-refractivity contribution < 1.29 is 32.6 Å². The molecular formula is C24H26F2N2O5. The third-order valence-corrected chi connectivity index (χ3v) is 5.52. The molecule has 2 aromatic carbocycles. The standard InChI is InChI=1S/C24H26F2N2O5/c1-16(18-8-10-19(11-9-18)22(30)32-2)27-21(29)20-14-24(25,26)12-13-28(20)23(31)33-15-17-6-4-3-5-7-17/h3-11,16,20H,12-15H2,1-2H3,(H,27,29)/t16-,20?/m0/s1. The van der Waals surface area contributed by atoms with Crippen molar-refractivity contribution in [1.82, 2.24) is 10.2 Å². The molecule has 1 heterocycles. The van der Waals surface area contributed by atoms with E-state index < -0.39 is 48.8 Å². The van der Waals surface area contributed by atoms with Crippen LogP contribution >= 0.6 is 0 Å². The van der Waals surface area contributed by atoms with Gasteiger partial charge in [-0.25, -0.2) is 18.4 Å². The van der Waals surface area contributed by atoms with Crippen LogP contribution < -0.4 is 5.32 Å². The van der Waals surface area contributed by atoms with Crippen molar-refractivity contribution in [2.45, 2.75) is 44.4 Å². The van der Waals surface area contributed by atoms with Crippen molar-refractivity contribution >= 4 is 18.0 Å². The van der Waals surface area contributed by atoms with Crippen LogP contribution in [0.15, 0.2) is 54.6 Å². The second kappa shape index (κ2) is 10.4. The third-order valence-electron chi connectivity index (χ3n) is 5.52. The maximum Gasteiger partial charge on any atom is 0.410 e. The highest BCUT2D eigenvalue weighted by molar-refractivity contribution is 5.89. The van der Waals surface area contributed by atoms with Gasteiger partial charge in [-0.3, -0.25) is 9.69 Å². The molecule has 0 saturated carbocycles. The van der Waals surface area contributed by atoms with Gasteiger partial charge in [-0.15, -0.1) is 0 Å². The van der Waals surface area contributed by atoms with Gasteiger partial charge in [0.25, 0.3) is 5.92 Å². The molecule has 176 valence electrons. The Labute approximate surface area is 190 Å². The molecular weight excluding hydrogens is 434 g/mol. The van der Waals surface area contributed by atoms with Crippen LogP contribution in [0.1, 0.15) is 47.3 Å². The largest absolute Gasteiger partial charge is 0.465 e. The molecule has 9 heteroatoms. The van der Waals surface area contributed by atoms with Crippen LogP contribution in [0.3, 0.4) is 0 Å². The quantitative estimate of drug-likeness (QED) is 0.657. The number of esters is 1. The molecule has 3 rings (SSSR count). The van der Waals surface area contributed by atoms with E-state index in [0.29, 0.717) is 11.1 Å². The molecule has 0 bridgehead atoms. The lowest BCUT2D eigenvalue weighted by molar-refractivity contribution is -0.136. The lowest BCUT2D eigenvalue weighted by Gasteiger charge is -2.38. The highest BCUT2D eigenvalue weighted by Crippen LogP contribution is 2.33. The van der Waals surface area contributed by atoms with Gasteiger partial charge in [0.15, 0.2) is 0 Å². The van der Waals surface area contributed by atoms with E-state index in [0.717, 1.165) is 10.5 Å². The maximum absolute atomic E-state index is 14.1. The number of benzene rings is 2. The Morgan fingerprint density at radius 1 is 1.12 bits per heavy atom. The van der Waals surface area contributed by atoms with E-state index in [2.05, 4.69) is 10.1 Å². The highest BCUT2D eigenvalue weighted by atomic mass is 19.3. The Morgan fingerprint density at radius 2 is 1.79 bits per heavy atom. The van der Waals surface area contributed by atoms with Crippen LogP contribution in [-0.2, 0) is 20.9 Å². The molecule has 2 amide bonds. The summed E-state index contributed by atoms with van der Waals surface area (Å²) < 4.78 is 38.2. The normalized spacial score (nSPS) is 18.2. The number of nitrogens with one attached hydrogen (secondary N) is 1. The number of nitrogens with zero attached hydrogens (tertiary/aromatic N) is 1. The lowest BCUT2D eigenvalue weighted by Crippen LogP contribution is -2.56. The number of methoxy groups -OCH3 is 1. The first-order valence-corrected chi connectivity index (χ1v) is 10.5. The van der Waals surface area contributed by atoms with Gasteiger partial charge in [-0.1, -0.05) is 42.5 Å². The molecule has 0 spiro atoms. The summed E-state index contributed by atoms with van der Waals surface area (Å²) in [5, 5.41) is 2.69. The van der Waals surface area contributed by atoms with Crippen LogP contribution in [0.25, 0.3) is 0 Å². The summed E-state index contributed by atoms with van der Waals surface area (Å²) in [6.07, 6.45) is -2.14. The molecule has 1 unspecified atom stereocenters. The SMILES string of the molecule is COC(=O)c1ccc([C@H](C)NC(=O)C2CC(F)(F)CCN2C(=O)OCc2ccccc2)cc1. The zero-order valence-corrected chi connectivity index (χ0v) is 18.4. The molecule has 0 radical (unpaired) electrons. The van der Waals surface area contributed by atoms with Crippen molar-refractivity contribution in [2.24, 2.45) is 0 Å². The van der Waals surface area contributed by atoms with Crippen LogP contribution in [0, 0.1) is 0 Å². The average molecular weight is 460 g/mol. The fourth-order valence-electron chi connectivity index (χ4n) is 3.61. The van der Waals surface area contributed by atoms with Crippen LogP contribution in [0.2, 0.25) is 0 Å². The van der Waals surface area contributed by atoms with E-state index in [9.17, 15) is 23.2 Å². The van der Waals surface area contributed by atoms with E-state index in [1.807, 2.05) is 6.07 Å². The van der Waals surface area contributed by atoms with Crippen molar-refractivity contribution in [1.29, 1.82) is 0 Å². The minimum Gasteiger partial charge on any atom is -0.465 e. The number of ether oxygens (including phenoxy) is 2. The predicted molar refractivity (Wildman–Crippen MR) is 116 cm³/mol. The van der Waals surface area contributed by atoms with Crippen molar-refractivity contribution in [3.05, 3.63) is 71.3 Å². The van der Waals surface area contributed by atoms with Crippen LogP contribution in [0.5, 0.6) is 0 Å². The second-order valence-corrected chi connectivity index (χ2v) is 7.90. The smallest absolute Gasteiger partial charge is 0.410 e. The van der Waals surface area contributed by atoms with Gasteiger partial charge in [-0.2, -0.15) is 0 Å². The van der Waals surface area contributed by atoms with Crippen LogP contribution in [0.4, 0.5) is 13.6 Å². The van der Waals surface area contributed by atoms with E-state index in [1.165, 1.54) is 7.11 Å². The summed E-state index contributed by atoms with van der Waals surface area (Å²) in [6, 6.07) is 13.4. The molecule has 7 nitrogen and oxygen atoms in total. The first kappa shape index (κ1) is 24.2. The van der Waals surface area contributed by atoms with Crippen LogP contribution in [-0.4, -0.2) is 48.5 Å². The van der Waals surface area contributed by atoms with Gasteiger partial charge in [-0.05, 0) is 30.2 Å². The number of hydrogen-bond donors (Lipinski definition) is 1. The fourth-order valence-corrected chi connectivity index (χ4v) is 3.61. The van der Waals surface area contributed by atoms with E-state index in [-0.39, 0.29) is 13.2 Å². The Kier molecular flexibility index (Phi) is 7.63. The fraction of sp³-hybridized carbons (Fsp3) is 0.375. The molecule has 1 saturated heterocycles. The van der Waals surface area contributed by atoms with Crippen molar-refractivity contribution in [2.75, 3.05) is 13.7 Å². The summed E-state index contributed by atoms with van der Waals surface area (Å²) >= 11 is 0. The monoisotopic (exact) mass is 460 g/mol.